The molecule has 0 aliphatic carbocycles. The average molecular weight is 182 g/mol. The van der Waals surface area contributed by atoms with Gasteiger partial charge in [0, 0.05) is 0 Å². The quantitative estimate of drug-likeness (QED) is 0.466. The molecular weight excluding hydrogens is 172 g/mol. The maximum absolute atomic E-state index is 10.6. The van der Waals surface area contributed by atoms with Gasteiger partial charge in [0.2, 0.25) is 5.91 Å². The van der Waals surface area contributed by atoms with E-state index in [-0.39, 0.29) is 11.5 Å². The second-order valence-electron chi connectivity index (χ2n) is 2.63. The molecule has 0 saturated heterocycles. The molecule has 1 unspecified atom stereocenters. The Morgan fingerprint density at radius 1 is 1.31 bits per heavy atom. The van der Waals surface area contributed by atoms with E-state index in [2.05, 4.69) is 0 Å². The number of benzene rings is 1. The Bertz CT molecular complexity index is 338. The maximum Gasteiger partial charge on any atom is 0.238 e. The highest BCUT2D eigenvalue weighted by Crippen LogP contribution is 2.26. The summed E-state index contributed by atoms with van der Waals surface area (Å²) in [5, 5.41) is 18.0. The Hall–Kier alpha value is -1.75. The van der Waals surface area contributed by atoms with Crippen LogP contribution in [0.25, 0.3) is 0 Å². The van der Waals surface area contributed by atoms with Crippen molar-refractivity contribution in [1.82, 2.24) is 0 Å². The van der Waals surface area contributed by atoms with E-state index in [0.717, 1.165) is 0 Å². The van der Waals surface area contributed by atoms with E-state index in [4.69, 9.17) is 21.7 Å². The predicted octanol–water partition coefficient (Wildman–Crippen LogP) is -0.417. The number of nitrogens with two attached hydrogens (primary N) is 2. The minimum absolute atomic E-state index is 0.263. The van der Waals surface area contributed by atoms with Crippen molar-refractivity contribution in [2.75, 3.05) is 0 Å². The first kappa shape index (κ1) is 9.34. The van der Waals surface area contributed by atoms with E-state index >= 15 is 0 Å². The van der Waals surface area contributed by atoms with Gasteiger partial charge in [-0.05, 0) is 17.7 Å². The Morgan fingerprint density at radius 2 is 1.92 bits per heavy atom. The molecule has 6 N–H and O–H groups in total. The third kappa shape index (κ3) is 1.88. The van der Waals surface area contributed by atoms with Gasteiger partial charge in [-0.15, -0.1) is 0 Å². The number of aromatic hydroxyl groups is 2. The number of rotatable bonds is 2. The molecule has 0 aliphatic heterocycles. The number of phenolic OH excluding ortho intramolecular Hbond substituents is 2. The summed E-state index contributed by atoms with van der Waals surface area (Å²) >= 11 is 0. The summed E-state index contributed by atoms with van der Waals surface area (Å²) < 4.78 is 0. The van der Waals surface area contributed by atoms with Gasteiger partial charge in [0.05, 0.1) is 0 Å². The molecule has 5 heteroatoms. The summed E-state index contributed by atoms with van der Waals surface area (Å²) in [6.07, 6.45) is 0. The highest BCUT2D eigenvalue weighted by atomic mass is 16.3. The van der Waals surface area contributed by atoms with Crippen LogP contribution >= 0.6 is 0 Å². The third-order valence-corrected chi connectivity index (χ3v) is 1.67. The molecule has 0 saturated carbocycles. The van der Waals surface area contributed by atoms with Crippen molar-refractivity contribution >= 4 is 5.91 Å². The molecule has 13 heavy (non-hydrogen) atoms. The van der Waals surface area contributed by atoms with Gasteiger partial charge >= 0.3 is 0 Å². The summed E-state index contributed by atoms with van der Waals surface area (Å²) in [7, 11) is 0. The Kier molecular flexibility index (Phi) is 2.39. The lowest BCUT2D eigenvalue weighted by Gasteiger charge is -2.08. The van der Waals surface area contributed by atoms with Gasteiger partial charge in [0.15, 0.2) is 11.5 Å². The second-order valence-corrected chi connectivity index (χ2v) is 2.63. The molecule has 1 atom stereocenters. The first-order valence-corrected chi connectivity index (χ1v) is 3.59. The number of amides is 1. The standard InChI is InChI=1S/C8H10N2O3/c9-7(8(10)13)4-1-2-5(11)6(12)3-4/h1-3,7,11-12H,9H2,(H2,10,13). The molecule has 0 fully saturated rings. The normalized spacial score (nSPS) is 12.4. The van der Waals surface area contributed by atoms with Crippen LogP contribution in [0.5, 0.6) is 11.5 Å². The van der Waals surface area contributed by atoms with E-state index in [9.17, 15) is 4.79 Å². The van der Waals surface area contributed by atoms with Gasteiger partial charge < -0.3 is 21.7 Å². The highest BCUT2D eigenvalue weighted by molar-refractivity contribution is 5.81. The highest BCUT2D eigenvalue weighted by Gasteiger charge is 2.13. The number of phenols is 2. The molecule has 0 bridgehead atoms. The van der Waals surface area contributed by atoms with Gasteiger partial charge in [0.1, 0.15) is 6.04 Å². The Morgan fingerprint density at radius 3 is 2.38 bits per heavy atom. The summed E-state index contributed by atoms with van der Waals surface area (Å²) in [4.78, 5) is 10.6. The lowest BCUT2D eigenvalue weighted by Crippen LogP contribution is -2.28. The zero-order valence-electron chi connectivity index (χ0n) is 6.77. The van der Waals surface area contributed by atoms with E-state index in [1.54, 1.807) is 0 Å². The molecule has 1 aromatic carbocycles. The second kappa shape index (κ2) is 3.32. The number of primary amides is 1. The van der Waals surface area contributed by atoms with Crippen molar-refractivity contribution in [3.8, 4) is 11.5 Å². The smallest absolute Gasteiger partial charge is 0.238 e. The fourth-order valence-electron chi connectivity index (χ4n) is 0.898. The number of carbonyl (C=O) groups is 1. The van der Waals surface area contributed by atoms with Gasteiger partial charge in [-0.1, -0.05) is 6.07 Å². The molecule has 1 rings (SSSR count). The van der Waals surface area contributed by atoms with Gasteiger partial charge in [-0.3, -0.25) is 4.79 Å². The van der Waals surface area contributed by atoms with Crippen molar-refractivity contribution < 1.29 is 15.0 Å². The van der Waals surface area contributed by atoms with Crippen molar-refractivity contribution in [3.63, 3.8) is 0 Å². The van der Waals surface area contributed by atoms with Crippen LogP contribution in [-0.2, 0) is 4.79 Å². The van der Waals surface area contributed by atoms with Crippen LogP contribution in [0.4, 0.5) is 0 Å². The molecule has 1 aromatic rings. The third-order valence-electron chi connectivity index (χ3n) is 1.67. The summed E-state index contributed by atoms with van der Waals surface area (Å²) in [6.45, 7) is 0. The molecule has 1 amide bonds. The Balaban J connectivity index is 3.03. The van der Waals surface area contributed by atoms with Crippen molar-refractivity contribution in [2.24, 2.45) is 11.5 Å². The summed E-state index contributed by atoms with van der Waals surface area (Å²) in [5.74, 6) is -1.28. The van der Waals surface area contributed by atoms with Crippen LogP contribution in [0.3, 0.4) is 0 Å². The van der Waals surface area contributed by atoms with Gasteiger partial charge in [0.25, 0.3) is 0 Å². The maximum atomic E-state index is 10.6. The van der Waals surface area contributed by atoms with Crippen molar-refractivity contribution in [2.45, 2.75) is 6.04 Å². The van der Waals surface area contributed by atoms with Crippen LogP contribution in [0.1, 0.15) is 11.6 Å². The topological polar surface area (TPSA) is 110 Å². The van der Waals surface area contributed by atoms with Crippen molar-refractivity contribution in [1.29, 1.82) is 0 Å². The molecule has 0 spiro atoms. The summed E-state index contributed by atoms with van der Waals surface area (Å²) in [5.41, 5.74) is 10.7. The van der Waals surface area contributed by atoms with E-state index in [0.29, 0.717) is 5.56 Å². The molecule has 5 nitrogen and oxygen atoms in total. The van der Waals surface area contributed by atoms with E-state index < -0.39 is 11.9 Å². The van der Waals surface area contributed by atoms with Crippen molar-refractivity contribution in [3.05, 3.63) is 23.8 Å². The van der Waals surface area contributed by atoms with Crippen LogP contribution in [0, 0.1) is 0 Å². The fourth-order valence-corrected chi connectivity index (χ4v) is 0.898. The molecule has 0 heterocycles. The van der Waals surface area contributed by atoms with Gasteiger partial charge in [-0.25, -0.2) is 0 Å². The molecule has 0 aromatic heterocycles. The van der Waals surface area contributed by atoms with E-state index in [1.165, 1.54) is 18.2 Å². The molecule has 70 valence electrons. The number of hydrogen-bond donors (Lipinski definition) is 4. The van der Waals surface area contributed by atoms with Crippen LogP contribution in [-0.4, -0.2) is 16.1 Å². The Labute approximate surface area is 74.6 Å². The molecule has 0 radical (unpaired) electrons. The lowest BCUT2D eigenvalue weighted by molar-refractivity contribution is -0.119. The van der Waals surface area contributed by atoms with E-state index in [1.807, 2.05) is 0 Å². The first-order valence-electron chi connectivity index (χ1n) is 3.59. The average Bonchev–Trinajstić information content (AvgIpc) is 2.08. The van der Waals surface area contributed by atoms with Crippen LogP contribution < -0.4 is 11.5 Å². The van der Waals surface area contributed by atoms with Crippen LogP contribution in [0.2, 0.25) is 0 Å². The molecular formula is C8H10N2O3. The largest absolute Gasteiger partial charge is 0.504 e. The minimum atomic E-state index is -0.966. The summed E-state index contributed by atoms with van der Waals surface area (Å²) in [6, 6.07) is 2.90. The zero-order valence-corrected chi connectivity index (χ0v) is 6.77. The monoisotopic (exact) mass is 182 g/mol. The fraction of sp³-hybridized carbons (Fsp3) is 0.125. The SMILES string of the molecule is NC(=O)C(N)c1ccc(O)c(O)c1. The zero-order chi connectivity index (χ0) is 10.0. The van der Waals surface area contributed by atoms with Gasteiger partial charge in [-0.2, -0.15) is 0 Å². The van der Waals surface area contributed by atoms with Crippen LogP contribution in [0.15, 0.2) is 18.2 Å². The predicted molar refractivity (Wildman–Crippen MR) is 45.9 cm³/mol. The first-order chi connectivity index (χ1) is 6.02. The number of hydrogen-bond acceptors (Lipinski definition) is 4. The molecule has 0 aliphatic rings. The minimum Gasteiger partial charge on any atom is -0.504 e. The number of carbonyl (C=O) groups excluding carboxylic acids is 1. The lowest BCUT2D eigenvalue weighted by atomic mass is 10.1.